The summed E-state index contributed by atoms with van der Waals surface area (Å²) in [6.45, 7) is 1.98. The molecule has 14 heavy (non-hydrogen) atoms. The predicted molar refractivity (Wildman–Crippen MR) is 50.8 cm³/mol. The molecule has 5 N–H and O–H groups in total. The first-order valence-electron chi connectivity index (χ1n) is 4.74. The van der Waals surface area contributed by atoms with Crippen molar-refractivity contribution in [1.29, 1.82) is 0 Å². The van der Waals surface area contributed by atoms with Crippen LogP contribution in [-0.4, -0.2) is 61.1 Å². The first-order chi connectivity index (χ1) is 6.74. The Morgan fingerprint density at radius 2 is 2.36 bits per heavy atom. The van der Waals surface area contributed by atoms with E-state index in [1.807, 2.05) is 0 Å². The number of aliphatic hydroxyl groups excluding tert-OH is 2. The normalized spacial score (nSPS) is 24.3. The average Bonchev–Trinajstić information content (AvgIpc) is 2.26. The van der Waals surface area contributed by atoms with E-state index in [1.165, 1.54) is 0 Å². The lowest BCUT2D eigenvalue weighted by atomic mass is 10.2. The van der Waals surface area contributed by atoms with Gasteiger partial charge in [-0.1, -0.05) is 0 Å². The zero-order valence-electron chi connectivity index (χ0n) is 7.99. The maximum Gasteiger partial charge on any atom is 0.238 e. The second kappa shape index (κ2) is 5.92. The summed E-state index contributed by atoms with van der Waals surface area (Å²) < 4.78 is 0. The van der Waals surface area contributed by atoms with Crippen molar-refractivity contribution in [3.8, 4) is 0 Å². The molecule has 1 aliphatic heterocycles. The minimum absolute atomic E-state index is 0.0908. The molecular formula is C8H17N3O3. The fourth-order valence-electron chi connectivity index (χ4n) is 1.24. The van der Waals surface area contributed by atoms with E-state index in [0.29, 0.717) is 6.54 Å². The number of aliphatic hydroxyl groups is 2. The Balaban J connectivity index is 2.19. The third kappa shape index (κ3) is 3.59. The smallest absolute Gasteiger partial charge is 0.238 e. The molecule has 0 saturated carbocycles. The number of hydrogen-bond donors (Lipinski definition) is 5. The highest BCUT2D eigenvalue weighted by atomic mass is 16.3. The highest BCUT2D eigenvalue weighted by Crippen LogP contribution is 1.87. The highest BCUT2D eigenvalue weighted by molar-refractivity contribution is 5.82. The van der Waals surface area contributed by atoms with Crippen molar-refractivity contribution >= 4 is 5.91 Å². The molecule has 2 atom stereocenters. The quantitative estimate of drug-likeness (QED) is 0.336. The first kappa shape index (κ1) is 11.4. The average molecular weight is 203 g/mol. The second-order valence-electron chi connectivity index (χ2n) is 3.29. The topological polar surface area (TPSA) is 93.6 Å². The molecule has 1 amide bonds. The minimum Gasteiger partial charge on any atom is -0.394 e. The van der Waals surface area contributed by atoms with E-state index in [-0.39, 0.29) is 25.1 Å². The molecule has 1 aliphatic rings. The molecule has 0 radical (unpaired) electrons. The van der Waals surface area contributed by atoms with Crippen molar-refractivity contribution in [2.45, 2.75) is 12.1 Å². The molecule has 0 bridgehead atoms. The Bertz CT molecular complexity index is 183. The number of piperazine rings is 1. The van der Waals surface area contributed by atoms with Gasteiger partial charge >= 0.3 is 0 Å². The monoisotopic (exact) mass is 203 g/mol. The number of carbonyl (C=O) groups excluding carboxylic acids is 1. The van der Waals surface area contributed by atoms with E-state index in [2.05, 4.69) is 16.0 Å². The van der Waals surface area contributed by atoms with Crippen molar-refractivity contribution in [2.75, 3.05) is 32.8 Å². The maximum absolute atomic E-state index is 11.4. The summed E-state index contributed by atoms with van der Waals surface area (Å²) in [7, 11) is 0. The van der Waals surface area contributed by atoms with E-state index in [4.69, 9.17) is 10.2 Å². The van der Waals surface area contributed by atoms with Gasteiger partial charge in [0.2, 0.25) is 5.91 Å². The van der Waals surface area contributed by atoms with E-state index >= 15 is 0 Å². The van der Waals surface area contributed by atoms with Crippen LogP contribution >= 0.6 is 0 Å². The fourth-order valence-corrected chi connectivity index (χ4v) is 1.24. The Morgan fingerprint density at radius 3 is 2.93 bits per heavy atom. The van der Waals surface area contributed by atoms with Gasteiger partial charge in [0.1, 0.15) is 0 Å². The summed E-state index contributed by atoms with van der Waals surface area (Å²) in [5, 5.41) is 26.2. The molecule has 6 nitrogen and oxygen atoms in total. The van der Waals surface area contributed by atoms with Crippen molar-refractivity contribution < 1.29 is 15.0 Å². The van der Waals surface area contributed by atoms with Crippen molar-refractivity contribution in [2.24, 2.45) is 0 Å². The van der Waals surface area contributed by atoms with Gasteiger partial charge < -0.3 is 26.2 Å². The van der Waals surface area contributed by atoms with Crippen molar-refractivity contribution in [1.82, 2.24) is 16.0 Å². The Labute approximate surface area is 82.7 Å². The first-order valence-corrected chi connectivity index (χ1v) is 4.74. The lowest BCUT2D eigenvalue weighted by Gasteiger charge is -2.23. The summed E-state index contributed by atoms with van der Waals surface area (Å²) >= 11 is 0. The molecule has 82 valence electrons. The SMILES string of the molecule is O=C(NCC(O)CO)C1CNCCN1. The van der Waals surface area contributed by atoms with Gasteiger partial charge in [0, 0.05) is 26.2 Å². The zero-order valence-corrected chi connectivity index (χ0v) is 7.99. The van der Waals surface area contributed by atoms with Crippen LogP contribution in [-0.2, 0) is 4.79 Å². The summed E-state index contributed by atoms with van der Waals surface area (Å²) in [6, 6.07) is -0.241. The standard InChI is InChI=1S/C8H17N3O3/c12-5-6(13)3-11-8(14)7-4-9-1-2-10-7/h6-7,9-10,12-13H,1-5H2,(H,11,14). The van der Waals surface area contributed by atoms with Crippen LogP contribution in [0.15, 0.2) is 0 Å². The zero-order chi connectivity index (χ0) is 10.4. The third-order valence-electron chi connectivity index (χ3n) is 2.08. The molecule has 0 aliphatic carbocycles. The van der Waals surface area contributed by atoms with Gasteiger partial charge in [0.05, 0.1) is 18.8 Å². The number of carbonyl (C=O) groups is 1. The molecule has 0 aromatic carbocycles. The molecule has 2 unspecified atom stereocenters. The van der Waals surface area contributed by atoms with E-state index < -0.39 is 6.10 Å². The lowest BCUT2D eigenvalue weighted by molar-refractivity contribution is -0.123. The molecule has 0 aromatic rings. The van der Waals surface area contributed by atoms with Crippen LogP contribution < -0.4 is 16.0 Å². The van der Waals surface area contributed by atoms with Gasteiger partial charge in [-0.05, 0) is 0 Å². The van der Waals surface area contributed by atoms with Crippen LogP contribution in [0.2, 0.25) is 0 Å². The van der Waals surface area contributed by atoms with Gasteiger partial charge in [-0.2, -0.15) is 0 Å². The highest BCUT2D eigenvalue weighted by Gasteiger charge is 2.20. The number of amides is 1. The Morgan fingerprint density at radius 1 is 1.57 bits per heavy atom. The molecule has 1 saturated heterocycles. The van der Waals surface area contributed by atoms with Crippen molar-refractivity contribution in [3.05, 3.63) is 0 Å². The van der Waals surface area contributed by atoms with Gasteiger partial charge in [-0.15, -0.1) is 0 Å². The predicted octanol–water partition coefficient (Wildman–Crippen LogP) is -2.98. The van der Waals surface area contributed by atoms with Crippen molar-refractivity contribution in [3.63, 3.8) is 0 Å². The summed E-state index contributed by atoms with van der Waals surface area (Å²) in [5.74, 6) is -0.148. The van der Waals surface area contributed by atoms with Crippen LogP contribution in [0.25, 0.3) is 0 Å². The van der Waals surface area contributed by atoms with E-state index in [9.17, 15) is 4.79 Å². The van der Waals surface area contributed by atoms with Crippen LogP contribution in [0.3, 0.4) is 0 Å². The van der Waals surface area contributed by atoms with E-state index in [0.717, 1.165) is 13.1 Å². The van der Waals surface area contributed by atoms with Gasteiger partial charge in [-0.25, -0.2) is 0 Å². The van der Waals surface area contributed by atoms with Crippen LogP contribution in [0, 0.1) is 0 Å². The lowest BCUT2D eigenvalue weighted by Crippen LogP contribution is -2.56. The number of hydrogen-bond acceptors (Lipinski definition) is 5. The third-order valence-corrected chi connectivity index (χ3v) is 2.08. The molecular weight excluding hydrogens is 186 g/mol. The van der Waals surface area contributed by atoms with Gasteiger partial charge in [-0.3, -0.25) is 4.79 Å². The van der Waals surface area contributed by atoms with E-state index in [1.54, 1.807) is 0 Å². The number of rotatable bonds is 4. The van der Waals surface area contributed by atoms with Gasteiger partial charge in [0.25, 0.3) is 0 Å². The Hall–Kier alpha value is -0.690. The van der Waals surface area contributed by atoms with Crippen LogP contribution in [0.5, 0.6) is 0 Å². The molecule has 1 rings (SSSR count). The second-order valence-corrected chi connectivity index (χ2v) is 3.29. The summed E-state index contributed by atoms with van der Waals surface area (Å²) in [6.07, 6.45) is -0.879. The largest absolute Gasteiger partial charge is 0.394 e. The van der Waals surface area contributed by atoms with Gasteiger partial charge in [0.15, 0.2) is 0 Å². The summed E-state index contributed by atoms with van der Waals surface area (Å²) in [4.78, 5) is 11.4. The molecule has 1 fully saturated rings. The molecule has 0 spiro atoms. The maximum atomic E-state index is 11.4. The molecule has 1 heterocycles. The van der Waals surface area contributed by atoms with Crippen LogP contribution in [0.1, 0.15) is 0 Å². The molecule has 0 aromatic heterocycles. The van der Waals surface area contributed by atoms with Crippen LogP contribution in [0.4, 0.5) is 0 Å². The minimum atomic E-state index is -0.879. The summed E-state index contributed by atoms with van der Waals surface area (Å²) in [5.41, 5.74) is 0. The Kier molecular flexibility index (Phi) is 4.81. The molecule has 6 heteroatoms. The fraction of sp³-hybridized carbons (Fsp3) is 0.875. The number of nitrogens with one attached hydrogen (secondary N) is 3.